The van der Waals surface area contributed by atoms with E-state index in [0.29, 0.717) is 11.3 Å². The Morgan fingerprint density at radius 1 is 1.14 bits per heavy atom. The van der Waals surface area contributed by atoms with E-state index in [4.69, 9.17) is 14.0 Å². The Hall–Kier alpha value is -3.27. The Morgan fingerprint density at radius 3 is 2.55 bits per heavy atom. The molecular formula is C19H17FN2O6S. The van der Waals surface area contributed by atoms with Gasteiger partial charge in [-0.05, 0) is 48.9 Å². The minimum atomic E-state index is -3.45. The lowest BCUT2D eigenvalue weighted by Crippen LogP contribution is -2.09. The van der Waals surface area contributed by atoms with Crippen LogP contribution in [0.2, 0.25) is 0 Å². The van der Waals surface area contributed by atoms with E-state index in [1.165, 1.54) is 42.5 Å². The second-order valence-electron chi connectivity index (χ2n) is 6.17. The zero-order chi connectivity index (χ0) is 21.0. The summed E-state index contributed by atoms with van der Waals surface area (Å²) in [5, 5.41) is 3.71. The summed E-state index contributed by atoms with van der Waals surface area (Å²) in [5.74, 6) is -0.386. The molecule has 0 radical (unpaired) electrons. The second-order valence-corrected chi connectivity index (χ2v) is 8.19. The number of halogens is 1. The molecule has 152 valence electrons. The third-order valence-electron chi connectivity index (χ3n) is 3.88. The molecule has 0 bridgehead atoms. The number of carbonyl (C=O) groups excluding carboxylic acids is 1. The van der Waals surface area contributed by atoms with Crippen molar-refractivity contribution in [2.45, 2.75) is 25.0 Å². The van der Waals surface area contributed by atoms with Crippen LogP contribution < -0.4 is 4.74 Å². The number of carbonyl (C=O) groups is 1. The van der Waals surface area contributed by atoms with Crippen LogP contribution in [0.1, 0.15) is 27.6 Å². The lowest BCUT2D eigenvalue weighted by atomic mass is 10.1. The third-order valence-corrected chi connectivity index (χ3v) is 4.99. The molecule has 1 aromatic heterocycles. The average Bonchev–Trinajstić information content (AvgIpc) is 3.13. The number of hydrogen-bond donors (Lipinski definition) is 0. The fourth-order valence-corrected chi connectivity index (χ4v) is 2.99. The van der Waals surface area contributed by atoms with Crippen molar-refractivity contribution < 1.29 is 31.6 Å². The van der Waals surface area contributed by atoms with E-state index in [9.17, 15) is 17.6 Å². The molecule has 0 unspecified atom stereocenters. The van der Waals surface area contributed by atoms with Gasteiger partial charge in [0.1, 0.15) is 11.6 Å². The van der Waals surface area contributed by atoms with Crippen molar-refractivity contribution >= 4 is 15.8 Å². The maximum absolute atomic E-state index is 12.9. The molecule has 0 aliphatic heterocycles. The Kier molecular flexibility index (Phi) is 5.92. The van der Waals surface area contributed by atoms with Gasteiger partial charge in [0.25, 0.3) is 5.89 Å². The number of nitrogens with zero attached hydrogens (tertiary/aromatic N) is 2. The average molecular weight is 420 g/mol. The fourth-order valence-electron chi connectivity index (χ4n) is 2.34. The zero-order valence-electron chi connectivity index (χ0n) is 15.6. The quantitative estimate of drug-likeness (QED) is 0.537. The van der Waals surface area contributed by atoms with E-state index in [1.54, 1.807) is 6.92 Å². The summed E-state index contributed by atoms with van der Waals surface area (Å²) in [7, 11) is -3.45. The highest BCUT2D eigenvalue weighted by Crippen LogP contribution is 2.17. The van der Waals surface area contributed by atoms with E-state index in [0.717, 1.165) is 6.26 Å². The summed E-state index contributed by atoms with van der Waals surface area (Å²) in [4.78, 5) is 16.4. The predicted molar refractivity (Wildman–Crippen MR) is 98.4 cm³/mol. The summed E-state index contributed by atoms with van der Waals surface area (Å²) in [5.41, 5.74) is 0.702. The topological polar surface area (TPSA) is 109 Å². The fraction of sp³-hybridized carbons (Fsp3) is 0.211. The van der Waals surface area contributed by atoms with Gasteiger partial charge in [-0.15, -0.1) is 0 Å². The van der Waals surface area contributed by atoms with Crippen molar-refractivity contribution in [3.63, 3.8) is 0 Å². The van der Waals surface area contributed by atoms with Crippen molar-refractivity contribution in [3.8, 4) is 5.75 Å². The first-order valence-electron chi connectivity index (χ1n) is 8.40. The maximum atomic E-state index is 12.9. The van der Waals surface area contributed by atoms with E-state index in [1.807, 2.05) is 0 Å². The zero-order valence-corrected chi connectivity index (χ0v) is 16.4. The Labute approximate surface area is 166 Å². The van der Waals surface area contributed by atoms with Crippen molar-refractivity contribution in [3.05, 3.63) is 71.1 Å². The van der Waals surface area contributed by atoms with Gasteiger partial charge in [-0.2, -0.15) is 4.98 Å². The van der Waals surface area contributed by atoms with Crippen LogP contribution in [0.5, 0.6) is 5.75 Å². The van der Waals surface area contributed by atoms with Crippen molar-refractivity contribution in [2.24, 2.45) is 0 Å². The first kappa shape index (κ1) is 20.5. The van der Waals surface area contributed by atoms with Gasteiger partial charge in [0, 0.05) is 6.26 Å². The molecule has 0 spiro atoms. The third kappa shape index (κ3) is 5.38. The van der Waals surface area contributed by atoms with Crippen LogP contribution in [-0.4, -0.2) is 30.8 Å². The van der Waals surface area contributed by atoms with Gasteiger partial charge >= 0.3 is 5.97 Å². The van der Waals surface area contributed by atoms with Crippen LogP contribution in [0.15, 0.2) is 51.9 Å². The number of esters is 1. The van der Waals surface area contributed by atoms with E-state index >= 15 is 0 Å². The molecule has 3 rings (SSSR count). The monoisotopic (exact) mass is 420 g/mol. The predicted octanol–water partition coefficient (Wildman–Crippen LogP) is 2.86. The first-order valence-corrected chi connectivity index (χ1v) is 10.3. The molecule has 10 heteroatoms. The molecule has 0 fully saturated rings. The summed E-state index contributed by atoms with van der Waals surface area (Å²) in [6.45, 7) is 1.36. The number of aromatic nitrogens is 2. The maximum Gasteiger partial charge on any atom is 0.338 e. The molecular weight excluding hydrogens is 403 g/mol. The van der Waals surface area contributed by atoms with Gasteiger partial charge in [0.05, 0.1) is 10.5 Å². The Bertz CT molecular complexity index is 1130. The lowest BCUT2D eigenvalue weighted by molar-refractivity contribution is 0.0428. The van der Waals surface area contributed by atoms with Crippen LogP contribution in [-0.2, 0) is 27.8 Å². The number of ether oxygens (including phenoxy) is 2. The van der Waals surface area contributed by atoms with Crippen LogP contribution in [0.3, 0.4) is 0 Å². The highest BCUT2D eigenvalue weighted by molar-refractivity contribution is 7.90. The molecule has 2 aromatic carbocycles. The molecule has 8 nitrogen and oxygen atoms in total. The minimum Gasteiger partial charge on any atom is -0.485 e. The molecule has 29 heavy (non-hydrogen) atoms. The van der Waals surface area contributed by atoms with E-state index in [2.05, 4.69) is 10.1 Å². The smallest absolute Gasteiger partial charge is 0.338 e. The van der Waals surface area contributed by atoms with Gasteiger partial charge in [0.2, 0.25) is 5.82 Å². The van der Waals surface area contributed by atoms with Crippen molar-refractivity contribution in [1.82, 2.24) is 10.1 Å². The molecule has 1 heterocycles. The van der Waals surface area contributed by atoms with Gasteiger partial charge in [-0.3, -0.25) is 0 Å². The summed E-state index contributed by atoms with van der Waals surface area (Å²) >= 11 is 0. The van der Waals surface area contributed by atoms with E-state index < -0.39 is 15.8 Å². The molecule has 0 atom stereocenters. The Morgan fingerprint density at radius 2 is 1.86 bits per heavy atom. The highest BCUT2D eigenvalue weighted by atomic mass is 32.2. The number of sulfone groups is 1. The second kappa shape index (κ2) is 8.39. The van der Waals surface area contributed by atoms with Gasteiger partial charge < -0.3 is 14.0 Å². The molecule has 0 amide bonds. The summed E-state index contributed by atoms with van der Waals surface area (Å²) in [6.07, 6.45) is 1.06. The minimum absolute atomic E-state index is 0.0153. The lowest BCUT2D eigenvalue weighted by Gasteiger charge is -2.07. The molecule has 3 aromatic rings. The number of hydrogen-bond acceptors (Lipinski definition) is 8. The van der Waals surface area contributed by atoms with Gasteiger partial charge in [-0.25, -0.2) is 17.6 Å². The number of benzene rings is 2. The summed E-state index contributed by atoms with van der Waals surface area (Å²) < 4.78 is 51.7. The van der Waals surface area contributed by atoms with Crippen LogP contribution in [0, 0.1) is 12.7 Å². The molecule has 0 aliphatic rings. The molecule has 0 saturated carbocycles. The molecule has 0 aliphatic carbocycles. The number of aryl methyl sites for hydroxylation is 1. The Balaban J connectivity index is 1.59. The van der Waals surface area contributed by atoms with Crippen molar-refractivity contribution in [2.75, 3.05) is 6.26 Å². The molecule has 0 N–H and O–H groups in total. The SMILES string of the molecule is Cc1ccc(S(C)(=O)=O)cc1C(=O)OCc1nc(COc2ccc(F)cc2)no1. The standard InChI is InChI=1S/C19H17FN2O6S/c1-12-3-8-15(29(2,24)25)9-16(12)19(23)27-11-18-21-17(22-28-18)10-26-14-6-4-13(20)5-7-14/h3-9H,10-11H2,1-2H3. The first-order chi connectivity index (χ1) is 13.7. The number of rotatable bonds is 7. The summed E-state index contributed by atoms with van der Waals surface area (Å²) in [6, 6.07) is 9.67. The van der Waals surface area contributed by atoms with E-state index in [-0.39, 0.29) is 41.2 Å². The van der Waals surface area contributed by atoms with Gasteiger partial charge in [-0.1, -0.05) is 11.2 Å². The van der Waals surface area contributed by atoms with Gasteiger partial charge in [0.15, 0.2) is 23.1 Å². The van der Waals surface area contributed by atoms with Crippen LogP contribution in [0.25, 0.3) is 0 Å². The van der Waals surface area contributed by atoms with Crippen LogP contribution in [0.4, 0.5) is 4.39 Å². The highest BCUT2D eigenvalue weighted by Gasteiger charge is 2.17. The molecule has 0 saturated heterocycles. The van der Waals surface area contributed by atoms with Crippen LogP contribution >= 0.6 is 0 Å². The van der Waals surface area contributed by atoms with Crippen molar-refractivity contribution in [1.29, 1.82) is 0 Å². The normalized spacial score (nSPS) is 11.3. The largest absolute Gasteiger partial charge is 0.485 e.